The topological polar surface area (TPSA) is 90.9 Å². The molecule has 1 N–H and O–H groups in total. The summed E-state index contributed by atoms with van der Waals surface area (Å²) in [6, 6.07) is 10.1. The van der Waals surface area contributed by atoms with Crippen molar-refractivity contribution < 1.29 is 32.3 Å². The van der Waals surface area contributed by atoms with Crippen molar-refractivity contribution in [3.8, 4) is 16.9 Å². The van der Waals surface area contributed by atoms with Gasteiger partial charge in [-0.1, -0.05) is 30.3 Å². The van der Waals surface area contributed by atoms with Crippen LogP contribution in [0, 0.1) is 12.7 Å². The number of amides is 1. The van der Waals surface area contributed by atoms with E-state index in [-0.39, 0.29) is 28.8 Å². The minimum Gasteiger partial charge on any atom is -0.479 e. The van der Waals surface area contributed by atoms with E-state index in [4.69, 9.17) is 13.8 Å². The number of rotatable bonds is 8. The Morgan fingerprint density at radius 3 is 2.41 bits per heavy atom. The average Bonchev–Trinajstić information content (AvgIpc) is 2.71. The number of benzene rings is 2. The minimum atomic E-state index is -3.52. The summed E-state index contributed by atoms with van der Waals surface area (Å²) >= 11 is 0. The maximum Gasteiger partial charge on any atom is 0.367 e. The highest BCUT2D eigenvalue weighted by atomic mass is 31.2. The minimum absolute atomic E-state index is 0.0253. The van der Waals surface area contributed by atoms with Crippen molar-refractivity contribution in [2.75, 3.05) is 25.9 Å². The second-order valence-electron chi connectivity index (χ2n) is 5.46. The van der Waals surface area contributed by atoms with Gasteiger partial charge < -0.3 is 19.1 Å². The Labute approximate surface area is 156 Å². The third kappa shape index (κ3) is 4.80. The van der Waals surface area contributed by atoms with Crippen LogP contribution >= 0.6 is 7.60 Å². The molecular formula is C18H19FNO6P. The molecule has 0 aliphatic rings. The molecule has 0 saturated carbocycles. The Morgan fingerprint density at radius 1 is 1.22 bits per heavy atom. The van der Waals surface area contributed by atoms with Crippen LogP contribution in [0.4, 0.5) is 10.1 Å². The number of anilines is 1. The molecule has 0 unspecified atom stereocenters. The zero-order valence-electron chi connectivity index (χ0n) is 15.0. The van der Waals surface area contributed by atoms with Gasteiger partial charge in [0, 0.05) is 25.3 Å². The molecule has 0 radical (unpaired) electrons. The van der Waals surface area contributed by atoms with Gasteiger partial charge in [0.1, 0.15) is 11.6 Å². The predicted octanol–water partition coefficient (Wildman–Crippen LogP) is 3.76. The molecule has 2 aromatic carbocycles. The first kappa shape index (κ1) is 20.8. The lowest BCUT2D eigenvalue weighted by atomic mass is 10.0. The maximum atomic E-state index is 14.9. The molecule has 27 heavy (non-hydrogen) atoms. The van der Waals surface area contributed by atoms with Crippen LogP contribution < -0.4 is 10.1 Å². The summed E-state index contributed by atoms with van der Waals surface area (Å²) in [5.74, 6) is -1.54. The van der Waals surface area contributed by atoms with Gasteiger partial charge in [0.15, 0.2) is 6.35 Å². The fourth-order valence-corrected chi connectivity index (χ4v) is 3.00. The van der Waals surface area contributed by atoms with Crippen LogP contribution in [0.2, 0.25) is 0 Å². The van der Waals surface area contributed by atoms with E-state index in [1.54, 1.807) is 30.3 Å². The van der Waals surface area contributed by atoms with Crippen molar-refractivity contribution in [2.45, 2.75) is 6.92 Å². The van der Waals surface area contributed by atoms with Crippen molar-refractivity contribution in [1.29, 1.82) is 0 Å². The quantitative estimate of drug-likeness (QED) is 0.416. The van der Waals surface area contributed by atoms with Crippen LogP contribution in [-0.2, 0) is 23.2 Å². The van der Waals surface area contributed by atoms with Crippen LogP contribution in [0.1, 0.15) is 5.56 Å². The molecule has 2 rings (SSSR count). The van der Waals surface area contributed by atoms with Crippen molar-refractivity contribution in [3.63, 3.8) is 0 Å². The summed E-state index contributed by atoms with van der Waals surface area (Å²) in [5, 5.41) is 2.28. The maximum absolute atomic E-state index is 14.9. The molecule has 9 heteroatoms. The van der Waals surface area contributed by atoms with E-state index in [0.717, 1.165) is 0 Å². The fraction of sp³-hybridized carbons (Fsp3) is 0.222. The Kier molecular flexibility index (Phi) is 6.85. The number of nitrogens with one attached hydrogen (secondary N) is 1. The predicted molar refractivity (Wildman–Crippen MR) is 98.4 cm³/mol. The molecule has 7 nitrogen and oxygen atoms in total. The third-order valence-electron chi connectivity index (χ3n) is 3.84. The molecule has 0 bridgehead atoms. The Bertz CT molecular complexity index is 879. The van der Waals surface area contributed by atoms with Gasteiger partial charge in [0.2, 0.25) is 6.29 Å². The zero-order valence-corrected chi connectivity index (χ0v) is 15.9. The third-order valence-corrected chi connectivity index (χ3v) is 5.40. The Morgan fingerprint density at radius 2 is 1.85 bits per heavy atom. The van der Waals surface area contributed by atoms with Gasteiger partial charge in [-0.3, -0.25) is 14.2 Å². The molecule has 0 saturated heterocycles. The number of carbonyl (C=O) groups excluding carboxylic acids is 2. The average molecular weight is 395 g/mol. The number of carbonyl (C=O) groups is 2. The number of aldehydes is 1. The molecule has 0 aliphatic heterocycles. The van der Waals surface area contributed by atoms with Crippen molar-refractivity contribution in [2.24, 2.45) is 0 Å². The van der Waals surface area contributed by atoms with Crippen LogP contribution in [0.3, 0.4) is 0 Å². The van der Waals surface area contributed by atoms with E-state index >= 15 is 0 Å². The molecular weight excluding hydrogens is 376 g/mol. The van der Waals surface area contributed by atoms with Gasteiger partial charge in [-0.25, -0.2) is 4.39 Å². The molecule has 0 aromatic heterocycles. The molecule has 0 spiro atoms. The first-order valence-electron chi connectivity index (χ1n) is 7.83. The smallest absolute Gasteiger partial charge is 0.367 e. The molecule has 0 aliphatic carbocycles. The highest BCUT2D eigenvalue weighted by Gasteiger charge is 2.25. The van der Waals surface area contributed by atoms with E-state index in [1.807, 2.05) is 0 Å². The number of hydrogen-bond donors (Lipinski definition) is 1. The van der Waals surface area contributed by atoms with Gasteiger partial charge in [0.05, 0.1) is 5.69 Å². The van der Waals surface area contributed by atoms with Crippen LogP contribution in [-0.4, -0.2) is 32.8 Å². The number of hydrogen-bond acceptors (Lipinski definition) is 6. The monoisotopic (exact) mass is 395 g/mol. The van der Waals surface area contributed by atoms with E-state index in [1.165, 1.54) is 27.2 Å². The normalized spacial score (nSPS) is 11.1. The summed E-state index contributed by atoms with van der Waals surface area (Å²) in [5.41, 5.74) is 0.823. The first-order chi connectivity index (χ1) is 12.8. The standard InChI is InChI=1S/C18H19FNO6P/c1-12-17(19)14(13-7-5-4-6-8-13)9-15(18(12)20-16(22)10-21)26-11-27(23,24-2)25-3/h4-10H,11H2,1-3H3,(H,20,22). The summed E-state index contributed by atoms with van der Waals surface area (Å²) in [6.45, 7) is 1.43. The second kappa shape index (κ2) is 8.90. The van der Waals surface area contributed by atoms with Gasteiger partial charge in [-0.05, 0) is 18.6 Å². The van der Waals surface area contributed by atoms with E-state index in [0.29, 0.717) is 5.56 Å². The van der Waals surface area contributed by atoms with Crippen molar-refractivity contribution >= 4 is 25.5 Å². The fourth-order valence-electron chi connectivity index (χ4n) is 2.34. The zero-order chi connectivity index (χ0) is 20.0. The van der Waals surface area contributed by atoms with Crippen LogP contribution in [0.25, 0.3) is 11.1 Å². The Hall–Kier alpha value is -2.54. The lowest BCUT2D eigenvalue weighted by molar-refractivity contribution is -0.127. The van der Waals surface area contributed by atoms with Gasteiger partial charge in [0.25, 0.3) is 5.91 Å². The molecule has 144 valence electrons. The van der Waals surface area contributed by atoms with Crippen LogP contribution in [0.15, 0.2) is 36.4 Å². The van der Waals surface area contributed by atoms with Crippen LogP contribution in [0.5, 0.6) is 5.75 Å². The molecule has 0 heterocycles. The van der Waals surface area contributed by atoms with Gasteiger partial charge in [-0.2, -0.15) is 0 Å². The van der Waals surface area contributed by atoms with Crippen molar-refractivity contribution in [1.82, 2.24) is 0 Å². The summed E-state index contributed by atoms with van der Waals surface area (Å²) < 4.78 is 42.3. The van der Waals surface area contributed by atoms with E-state index in [2.05, 4.69) is 5.32 Å². The Balaban J connectivity index is 2.55. The molecule has 2 aromatic rings. The lowest BCUT2D eigenvalue weighted by Crippen LogP contribution is -2.15. The molecule has 0 atom stereocenters. The summed E-state index contributed by atoms with van der Waals surface area (Å²) in [4.78, 5) is 22.2. The summed E-state index contributed by atoms with van der Waals surface area (Å²) in [7, 11) is -1.12. The molecule has 0 fully saturated rings. The number of ether oxygens (including phenoxy) is 1. The SMILES string of the molecule is COP(=O)(COc1cc(-c2ccccc2)c(F)c(C)c1NC(=O)C=O)OC. The van der Waals surface area contributed by atoms with E-state index < -0.39 is 25.7 Å². The highest BCUT2D eigenvalue weighted by molar-refractivity contribution is 7.53. The first-order valence-corrected chi connectivity index (χ1v) is 9.56. The highest BCUT2D eigenvalue weighted by Crippen LogP contribution is 2.47. The largest absolute Gasteiger partial charge is 0.479 e. The summed E-state index contributed by atoms with van der Waals surface area (Å²) in [6.07, 6.45) is -0.412. The van der Waals surface area contributed by atoms with Crippen molar-refractivity contribution in [3.05, 3.63) is 47.8 Å². The van der Waals surface area contributed by atoms with Gasteiger partial charge in [-0.15, -0.1) is 0 Å². The number of halogens is 1. The molecule has 1 amide bonds. The second-order valence-corrected chi connectivity index (χ2v) is 7.67. The van der Waals surface area contributed by atoms with Gasteiger partial charge >= 0.3 is 7.60 Å². The van der Waals surface area contributed by atoms with E-state index in [9.17, 15) is 18.5 Å². The lowest BCUT2D eigenvalue weighted by Gasteiger charge is -2.19.